The maximum absolute atomic E-state index is 12.7. The molecule has 110 valence electrons. The highest BCUT2D eigenvalue weighted by Crippen LogP contribution is 2.39. The number of carbonyl (C=O) groups excluding carboxylic acids is 1. The van der Waals surface area contributed by atoms with E-state index in [0.29, 0.717) is 23.8 Å². The second-order valence-electron chi connectivity index (χ2n) is 6.73. The lowest BCUT2D eigenvalue weighted by molar-refractivity contribution is -0.133. The first-order valence-corrected chi connectivity index (χ1v) is 8.09. The zero-order valence-electron chi connectivity index (χ0n) is 13.1. The van der Waals surface area contributed by atoms with E-state index in [-0.39, 0.29) is 12.2 Å². The molecule has 19 heavy (non-hydrogen) atoms. The van der Waals surface area contributed by atoms with Crippen LogP contribution in [-0.2, 0) is 4.79 Å². The van der Waals surface area contributed by atoms with Gasteiger partial charge in [0.2, 0.25) is 5.91 Å². The molecule has 3 nitrogen and oxygen atoms in total. The maximum atomic E-state index is 12.7. The smallest absolute Gasteiger partial charge is 0.241 e. The van der Waals surface area contributed by atoms with Crippen LogP contribution in [0.3, 0.4) is 0 Å². The molecule has 0 aromatic rings. The van der Waals surface area contributed by atoms with Crippen LogP contribution in [0.25, 0.3) is 0 Å². The third-order valence-corrected chi connectivity index (χ3v) is 5.35. The number of carbonyl (C=O) groups is 1. The number of nitrogens with one attached hydrogen (secondary N) is 1. The summed E-state index contributed by atoms with van der Waals surface area (Å²) < 4.78 is 0. The van der Waals surface area contributed by atoms with E-state index >= 15 is 0 Å². The van der Waals surface area contributed by atoms with Crippen LogP contribution in [0.15, 0.2) is 0 Å². The van der Waals surface area contributed by atoms with Crippen LogP contribution in [0.1, 0.15) is 60.3 Å². The highest BCUT2D eigenvalue weighted by molar-refractivity contribution is 5.85. The van der Waals surface area contributed by atoms with Crippen LogP contribution in [0, 0.1) is 17.8 Å². The number of hydrogen-bond acceptors (Lipinski definition) is 2. The summed E-state index contributed by atoms with van der Waals surface area (Å²) >= 11 is 0. The van der Waals surface area contributed by atoms with Crippen LogP contribution in [0.2, 0.25) is 0 Å². The molecule has 2 rings (SSSR count). The van der Waals surface area contributed by atoms with Gasteiger partial charge >= 0.3 is 0 Å². The molecule has 5 unspecified atom stereocenters. The van der Waals surface area contributed by atoms with Gasteiger partial charge in [-0.2, -0.15) is 0 Å². The molecule has 1 saturated heterocycles. The molecule has 1 heterocycles. The van der Waals surface area contributed by atoms with Crippen molar-refractivity contribution >= 4 is 5.91 Å². The monoisotopic (exact) mass is 266 g/mol. The molecule has 5 atom stereocenters. The average Bonchev–Trinajstić information content (AvgIpc) is 2.89. The van der Waals surface area contributed by atoms with E-state index in [2.05, 4.69) is 44.8 Å². The third-order valence-electron chi connectivity index (χ3n) is 5.35. The zero-order chi connectivity index (χ0) is 14.2. The van der Waals surface area contributed by atoms with Crippen molar-refractivity contribution in [3.05, 3.63) is 0 Å². The van der Waals surface area contributed by atoms with Crippen LogP contribution in [0.4, 0.5) is 0 Å². The van der Waals surface area contributed by atoms with Gasteiger partial charge in [-0.05, 0) is 37.0 Å². The molecular weight excluding hydrogens is 236 g/mol. The minimum Gasteiger partial charge on any atom is -0.323 e. The van der Waals surface area contributed by atoms with Crippen molar-refractivity contribution in [1.29, 1.82) is 0 Å². The first-order chi connectivity index (χ1) is 9.01. The Balaban J connectivity index is 2.16. The fraction of sp³-hybridized carbons (Fsp3) is 0.938. The fourth-order valence-electron chi connectivity index (χ4n) is 4.05. The van der Waals surface area contributed by atoms with Crippen LogP contribution in [0.5, 0.6) is 0 Å². The SMILES string of the molecule is CCC1CCC(N2C(=O)C(C(C)C)NC2CC)C1C. The van der Waals surface area contributed by atoms with Gasteiger partial charge in [0.15, 0.2) is 0 Å². The van der Waals surface area contributed by atoms with E-state index in [9.17, 15) is 4.79 Å². The zero-order valence-corrected chi connectivity index (χ0v) is 13.1. The van der Waals surface area contributed by atoms with Crippen LogP contribution < -0.4 is 5.32 Å². The quantitative estimate of drug-likeness (QED) is 0.848. The van der Waals surface area contributed by atoms with Gasteiger partial charge in [-0.25, -0.2) is 0 Å². The summed E-state index contributed by atoms with van der Waals surface area (Å²) in [6, 6.07) is 0.483. The summed E-state index contributed by atoms with van der Waals surface area (Å²) in [6.07, 6.45) is 4.98. The summed E-state index contributed by atoms with van der Waals surface area (Å²) in [4.78, 5) is 14.9. The summed E-state index contributed by atoms with van der Waals surface area (Å²) in [5.74, 6) is 2.17. The molecule has 1 aliphatic carbocycles. The molecule has 1 N–H and O–H groups in total. The van der Waals surface area contributed by atoms with Gasteiger partial charge in [-0.15, -0.1) is 0 Å². The predicted molar refractivity (Wildman–Crippen MR) is 78.7 cm³/mol. The van der Waals surface area contributed by atoms with Crippen LogP contribution >= 0.6 is 0 Å². The minimum absolute atomic E-state index is 0.0258. The summed E-state index contributed by atoms with van der Waals surface area (Å²) in [6.45, 7) is 11.1. The van der Waals surface area contributed by atoms with Gasteiger partial charge in [-0.3, -0.25) is 10.1 Å². The first kappa shape index (κ1) is 14.8. The fourth-order valence-corrected chi connectivity index (χ4v) is 4.05. The van der Waals surface area contributed by atoms with Crippen molar-refractivity contribution in [1.82, 2.24) is 10.2 Å². The lowest BCUT2D eigenvalue weighted by Gasteiger charge is -2.33. The molecule has 2 fully saturated rings. The Hall–Kier alpha value is -0.570. The number of rotatable bonds is 4. The highest BCUT2D eigenvalue weighted by Gasteiger charge is 2.46. The lowest BCUT2D eigenvalue weighted by atomic mass is 9.92. The average molecular weight is 266 g/mol. The topological polar surface area (TPSA) is 32.3 Å². The molecule has 1 aliphatic heterocycles. The molecule has 0 radical (unpaired) electrons. The molecule has 1 saturated carbocycles. The molecular formula is C16H30N2O. The van der Waals surface area contributed by atoms with E-state index in [1.807, 2.05) is 0 Å². The molecule has 0 aromatic heterocycles. The van der Waals surface area contributed by atoms with Crippen molar-refractivity contribution in [2.75, 3.05) is 0 Å². The Bertz CT molecular complexity index is 329. The number of amides is 1. The second kappa shape index (κ2) is 5.82. The van der Waals surface area contributed by atoms with Gasteiger partial charge in [0.25, 0.3) is 0 Å². The second-order valence-corrected chi connectivity index (χ2v) is 6.73. The van der Waals surface area contributed by atoms with E-state index in [0.717, 1.165) is 12.3 Å². The Morgan fingerprint density at radius 3 is 2.42 bits per heavy atom. The predicted octanol–water partition coefficient (Wildman–Crippen LogP) is 3.00. The summed E-state index contributed by atoms with van der Waals surface area (Å²) in [7, 11) is 0. The van der Waals surface area contributed by atoms with Gasteiger partial charge in [0.05, 0.1) is 12.2 Å². The molecule has 3 heteroatoms. The Kier molecular flexibility index (Phi) is 4.54. The summed E-state index contributed by atoms with van der Waals surface area (Å²) in [5, 5.41) is 3.55. The van der Waals surface area contributed by atoms with Crippen molar-refractivity contribution in [2.24, 2.45) is 17.8 Å². The Morgan fingerprint density at radius 2 is 1.95 bits per heavy atom. The van der Waals surface area contributed by atoms with E-state index in [1.165, 1.54) is 19.3 Å². The van der Waals surface area contributed by atoms with Crippen molar-refractivity contribution < 1.29 is 4.79 Å². The van der Waals surface area contributed by atoms with Crippen molar-refractivity contribution in [3.8, 4) is 0 Å². The molecule has 0 spiro atoms. The minimum atomic E-state index is 0.0258. The summed E-state index contributed by atoms with van der Waals surface area (Å²) in [5.41, 5.74) is 0. The molecule has 0 aromatic carbocycles. The standard InChI is InChI=1S/C16H30N2O/c1-6-12-8-9-13(11(12)5)18-14(7-2)17-15(10(3)4)16(18)19/h10-15,17H,6-9H2,1-5H3. The normalized spacial score (nSPS) is 39.6. The van der Waals surface area contributed by atoms with Crippen LogP contribution in [-0.4, -0.2) is 29.1 Å². The lowest BCUT2D eigenvalue weighted by Crippen LogP contribution is -2.46. The highest BCUT2D eigenvalue weighted by atomic mass is 16.2. The van der Waals surface area contributed by atoms with Gasteiger partial charge in [0.1, 0.15) is 0 Å². The Morgan fingerprint density at radius 1 is 1.26 bits per heavy atom. The van der Waals surface area contributed by atoms with E-state index in [4.69, 9.17) is 0 Å². The molecule has 1 amide bonds. The van der Waals surface area contributed by atoms with E-state index < -0.39 is 0 Å². The third kappa shape index (κ3) is 2.54. The molecule has 0 bridgehead atoms. The van der Waals surface area contributed by atoms with Crippen molar-refractivity contribution in [2.45, 2.75) is 78.6 Å². The molecule has 2 aliphatic rings. The van der Waals surface area contributed by atoms with Crippen molar-refractivity contribution in [3.63, 3.8) is 0 Å². The van der Waals surface area contributed by atoms with E-state index in [1.54, 1.807) is 0 Å². The van der Waals surface area contributed by atoms with Gasteiger partial charge < -0.3 is 4.90 Å². The van der Waals surface area contributed by atoms with Gasteiger partial charge in [0, 0.05) is 6.04 Å². The maximum Gasteiger partial charge on any atom is 0.241 e. The number of nitrogens with zero attached hydrogens (tertiary/aromatic N) is 1. The first-order valence-electron chi connectivity index (χ1n) is 8.09. The largest absolute Gasteiger partial charge is 0.323 e. The van der Waals surface area contributed by atoms with Gasteiger partial charge in [-0.1, -0.05) is 41.0 Å². The number of hydrogen-bond donors (Lipinski definition) is 1. The Labute approximate surface area is 118 Å².